The van der Waals surface area contributed by atoms with E-state index in [0.29, 0.717) is 31.7 Å². The smallest absolute Gasteiger partial charge is 0.328 e. The van der Waals surface area contributed by atoms with E-state index in [1.807, 2.05) is 31.2 Å². The van der Waals surface area contributed by atoms with Crippen LogP contribution in [0.4, 0.5) is 0 Å². The van der Waals surface area contributed by atoms with E-state index in [0.717, 1.165) is 17.9 Å². The number of nitrogens with one attached hydrogen (secondary N) is 2. The normalized spacial score (nSPS) is 15.1. The fraction of sp³-hybridized carbons (Fsp3) is 0.524. The summed E-state index contributed by atoms with van der Waals surface area (Å²) in [7, 11) is -3.42. The number of H-pyrrole nitrogens is 1. The Morgan fingerprint density at radius 2 is 2.00 bits per heavy atom. The lowest BCUT2D eigenvalue weighted by molar-refractivity contribution is 0.299. The number of nitrogens with zero attached hydrogens (tertiary/aromatic N) is 1. The first kappa shape index (κ1) is 22.3. The number of unbranched alkanes of at least 4 members (excludes halogenated alkanes) is 2. The Labute approximate surface area is 176 Å². The highest BCUT2D eigenvalue weighted by Gasteiger charge is 2.22. The Morgan fingerprint density at radius 1 is 1.20 bits per heavy atom. The van der Waals surface area contributed by atoms with Crippen LogP contribution >= 0.6 is 0 Å². The van der Waals surface area contributed by atoms with Crippen LogP contribution in [0.25, 0.3) is 0 Å². The summed E-state index contributed by atoms with van der Waals surface area (Å²) < 4.78 is 34.7. The molecule has 8 nitrogen and oxygen atoms in total. The zero-order valence-electron chi connectivity index (χ0n) is 17.2. The van der Waals surface area contributed by atoms with Crippen LogP contribution in [-0.2, 0) is 16.6 Å². The molecule has 0 aliphatic heterocycles. The Kier molecular flexibility index (Phi) is 7.49. The number of hydrogen-bond acceptors (Lipinski definition) is 5. The molecule has 164 valence electrons. The molecule has 1 fully saturated rings. The summed E-state index contributed by atoms with van der Waals surface area (Å²) >= 11 is 0. The first-order chi connectivity index (χ1) is 14.3. The van der Waals surface area contributed by atoms with Crippen LogP contribution in [0, 0.1) is 5.92 Å². The second kappa shape index (κ2) is 10.1. The molecule has 2 aromatic rings. The molecule has 1 aromatic carbocycles. The number of aromatic nitrogens is 2. The van der Waals surface area contributed by atoms with E-state index in [9.17, 15) is 18.0 Å². The van der Waals surface area contributed by atoms with Crippen molar-refractivity contribution in [3.8, 4) is 5.75 Å². The predicted octanol–water partition coefficient (Wildman–Crippen LogP) is 2.18. The van der Waals surface area contributed by atoms with Crippen LogP contribution in [0.3, 0.4) is 0 Å². The number of rotatable bonds is 12. The third-order valence-corrected chi connectivity index (χ3v) is 6.64. The monoisotopic (exact) mass is 435 g/mol. The van der Waals surface area contributed by atoms with Crippen molar-refractivity contribution in [1.82, 2.24) is 14.3 Å². The van der Waals surface area contributed by atoms with Gasteiger partial charge in [-0.15, -0.1) is 0 Å². The first-order valence-electron chi connectivity index (χ1n) is 10.3. The van der Waals surface area contributed by atoms with Gasteiger partial charge in [0.15, 0.2) is 0 Å². The maximum atomic E-state index is 12.4. The Balaban J connectivity index is 1.42. The number of benzene rings is 1. The van der Waals surface area contributed by atoms with Gasteiger partial charge in [0.25, 0.3) is 5.56 Å². The molecule has 2 N–H and O–H groups in total. The van der Waals surface area contributed by atoms with Crippen LogP contribution in [0.5, 0.6) is 5.75 Å². The van der Waals surface area contributed by atoms with Gasteiger partial charge in [-0.05, 0) is 56.2 Å². The Bertz CT molecular complexity index is 1060. The molecular formula is C21H29N3O5S. The van der Waals surface area contributed by atoms with Gasteiger partial charge in [-0.25, -0.2) is 17.9 Å². The maximum Gasteiger partial charge on any atom is 0.328 e. The fourth-order valence-electron chi connectivity index (χ4n) is 3.14. The minimum atomic E-state index is -3.42. The second-order valence-electron chi connectivity index (χ2n) is 7.85. The highest BCUT2D eigenvalue weighted by Crippen LogP contribution is 2.30. The molecule has 30 heavy (non-hydrogen) atoms. The van der Waals surface area contributed by atoms with Crippen molar-refractivity contribution in [3.05, 3.63) is 62.9 Å². The molecule has 0 bridgehead atoms. The van der Waals surface area contributed by atoms with Gasteiger partial charge in [0.2, 0.25) is 10.0 Å². The van der Waals surface area contributed by atoms with Crippen LogP contribution in [0.2, 0.25) is 0 Å². The lowest BCUT2D eigenvalue weighted by atomic mass is 10.1. The van der Waals surface area contributed by atoms with Crippen molar-refractivity contribution < 1.29 is 13.2 Å². The fourth-order valence-corrected chi connectivity index (χ4v) is 4.52. The van der Waals surface area contributed by atoms with E-state index >= 15 is 0 Å². The van der Waals surface area contributed by atoms with Crippen LogP contribution in [0.15, 0.2) is 46.1 Å². The average Bonchev–Trinajstić information content (AvgIpc) is 3.52. The molecule has 1 aliphatic rings. The van der Waals surface area contributed by atoms with Crippen molar-refractivity contribution >= 4 is 10.0 Å². The van der Waals surface area contributed by atoms with E-state index in [1.54, 1.807) is 0 Å². The molecule has 0 saturated heterocycles. The Hall–Kier alpha value is -2.39. The number of ether oxygens (including phenoxy) is 1. The largest absolute Gasteiger partial charge is 0.493 e. The molecule has 0 radical (unpaired) electrons. The van der Waals surface area contributed by atoms with Gasteiger partial charge in [0.05, 0.1) is 12.4 Å². The summed E-state index contributed by atoms with van der Waals surface area (Å²) in [5, 5.41) is 0. The number of sulfonamides is 1. The highest BCUT2D eigenvalue weighted by atomic mass is 32.2. The summed E-state index contributed by atoms with van der Waals surface area (Å²) in [5.41, 5.74) is -0.0131. The van der Waals surface area contributed by atoms with Crippen LogP contribution < -0.4 is 20.7 Å². The van der Waals surface area contributed by atoms with Gasteiger partial charge < -0.3 is 9.30 Å². The highest BCUT2D eigenvalue weighted by molar-refractivity contribution is 7.89. The van der Waals surface area contributed by atoms with Crippen molar-refractivity contribution in [1.29, 1.82) is 0 Å². The summed E-state index contributed by atoms with van der Waals surface area (Å²) in [6, 6.07) is 8.49. The molecule has 1 aromatic heterocycles. The molecule has 1 aliphatic carbocycles. The minimum absolute atomic E-state index is 0.0235. The van der Waals surface area contributed by atoms with Crippen molar-refractivity contribution in [2.75, 3.05) is 12.4 Å². The lowest BCUT2D eigenvalue weighted by Crippen LogP contribution is -2.29. The molecule has 1 heterocycles. The van der Waals surface area contributed by atoms with Crippen LogP contribution in [-0.4, -0.2) is 30.3 Å². The number of aryl methyl sites for hydroxylation is 1. The third-order valence-electron chi connectivity index (χ3n) is 5.11. The molecular weight excluding hydrogens is 406 g/mol. The van der Waals surface area contributed by atoms with Crippen molar-refractivity contribution in [2.24, 2.45) is 5.92 Å². The molecule has 1 saturated carbocycles. The average molecular weight is 436 g/mol. The quantitative estimate of drug-likeness (QED) is 0.497. The van der Waals surface area contributed by atoms with E-state index in [1.165, 1.54) is 29.7 Å². The van der Waals surface area contributed by atoms with Gasteiger partial charge in [-0.3, -0.25) is 9.78 Å². The van der Waals surface area contributed by atoms with Gasteiger partial charge in [0.1, 0.15) is 5.75 Å². The summed E-state index contributed by atoms with van der Waals surface area (Å²) in [5.74, 6) is 1.45. The molecule has 1 atom stereocenters. The maximum absolute atomic E-state index is 12.4. The van der Waals surface area contributed by atoms with Crippen molar-refractivity contribution in [3.63, 3.8) is 0 Å². The minimum Gasteiger partial charge on any atom is -0.493 e. The topological polar surface area (TPSA) is 110 Å². The summed E-state index contributed by atoms with van der Waals surface area (Å²) in [6.07, 6.45) is 5.69. The predicted molar refractivity (Wildman–Crippen MR) is 115 cm³/mol. The van der Waals surface area contributed by atoms with E-state index in [4.69, 9.17) is 4.74 Å². The SMILES string of the molecule is C[C@@H](NS(=O)(=O)CCCCCn1ccc(=O)[nH]c1=O)c1cccc(OCC2CC2)c1. The zero-order chi connectivity index (χ0) is 21.6. The molecule has 3 rings (SSSR count). The van der Waals surface area contributed by atoms with Gasteiger partial charge >= 0.3 is 5.69 Å². The van der Waals surface area contributed by atoms with Crippen LogP contribution in [0.1, 0.15) is 50.6 Å². The standard InChI is InChI=1S/C21H29N3O5S/c1-16(18-6-5-7-19(14-18)29-15-17-8-9-17)23-30(27,28)13-4-2-3-11-24-12-10-20(25)22-21(24)26/h5-7,10,12,14,16-17,23H,2-4,8-9,11,13,15H2,1H3,(H,22,25,26)/t16-/m1/s1. The second-order valence-corrected chi connectivity index (χ2v) is 9.72. The molecule has 0 unspecified atom stereocenters. The van der Waals surface area contributed by atoms with E-state index in [2.05, 4.69) is 9.71 Å². The Morgan fingerprint density at radius 3 is 2.73 bits per heavy atom. The summed E-state index contributed by atoms with van der Waals surface area (Å²) in [4.78, 5) is 24.9. The molecule has 0 spiro atoms. The first-order valence-corrected chi connectivity index (χ1v) is 12.0. The number of aromatic amines is 1. The lowest BCUT2D eigenvalue weighted by Gasteiger charge is -2.16. The number of hydrogen-bond donors (Lipinski definition) is 2. The van der Waals surface area contributed by atoms with E-state index < -0.39 is 21.3 Å². The third kappa shape index (κ3) is 7.14. The van der Waals surface area contributed by atoms with E-state index in [-0.39, 0.29) is 11.8 Å². The molecule has 9 heteroatoms. The van der Waals surface area contributed by atoms with Gasteiger partial charge in [-0.2, -0.15) is 0 Å². The summed E-state index contributed by atoms with van der Waals surface area (Å²) in [6.45, 7) is 2.97. The molecule has 0 amide bonds. The zero-order valence-corrected chi connectivity index (χ0v) is 18.0. The van der Waals surface area contributed by atoms with Crippen molar-refractivity contribution in [2.45, 2.75) is 51.6 Å². The van der Waals surface area contributed by atoms with Gasteiger partial charge in [-0.1, -0.05) is 18.6 Å². The van der Waals surface area contributed by atoms with Gasteiger partial charge in [0, 0.05) is 24.8 Å².